The third-order valence-corrected chi connectivity index (χ3v) is 3.19. The summed E-state index contributed by atoms with van der Waals surface area (Å²) in [5.41, 5.74) is 3.00. The van der Waals surface area contributed by atoms with Gasteiger partial charge in [0.05, 0.1) is 0 Å². The lowest BCUT2D eigenvalue weighted by Gasteiger charge is -2.18. The van der Waals surface area contributed by atoms with E-state index in [0.29, 0.717) is 6.42 Å². The molecule has 0 bridgehead atoms. The third kappa shape index (κ3) is 2.45. The molecule has 0 fully saturated rings. The first kappa shape index (κ1) is 12.4. The Kier molecular flexibility index (Phi) is 3.51. The summed E-state index contributed by atoms with van der Waals surface area (Å²) in [5, 5.41) is 9.43. The van der Waals surface area contributed by atoms with Crippen LogP contribution in [0, 0.1) is 13.8 Å². The molecule has 18 heavy (non-hydrogen) atoms. The zero-order chi connectivity index (χ0) is 13.1. The van der Waals surface area contributed by atoms with Gasteiger partial charge in [-0.05, 0) is 31.5 Å². The van der Waals surface area contributed by atoms with Gasteiger partial charge in [0.25, 0.3) is 0 Å². The number of aromatic nitrogens is 1. The van der Waals surface area contributed by atoms with Crippen LogP contribution in [-0.4, -0.2) is 15.6 Å². The number of aryl methyl sites for hydroxylation is 2. The average molecular weight is 243 g/mol. The van der Waals surface area contributed by atoms with Crippen LogP contribution < -0.4 is 0 Å². The standard InChI is InChI=1S/C15H17NO2/c1-11-8-9-12(2)16(11)14(15(17)18)10-13-6-4-3-5-7-13/h3-9,14H,10H2,1-2H3,(H,17,18)/t14-/m0/s1. The largest absolute Gasteiger partial charge is 0.480 e. The van der Waals surface area contributed by atoms with E-state index in [-0.39, 0.29) is 0 Å². The number of carbonyl (C=O) groups is 1. The van der Waals surface area contributed by atoms with Crippen molar-refractivity contribution in [3.63, 3.8) is 0 Å². The lowest BCUT2D eigenvalue weighted by atomic mass is 10.1. The Morgan fingerprint density at radius 3 is 2.17 bits per heavy atom. The van der Waals surface area contributed by atoms with Crippen molar-refractivity contribution < 1.29 is 9.90 Å². The molecule has 0 aliphatic carbocycles. The molecular formula is C15H17NO2. The van der Waals surface area contributed by atoms with E-state index in [0.717, 1.165) is 17.0 Å². The normalized spacial score (nSPS) is 12.3. The topological polar surface area (TPSA) is 42.2 Å². The van der Waals surface area contributed by atoms with Crippen molar-refractivity contribution in [2.45, 2.75) is 26.3 Å². The molecule has 0 radical (unpaired) electrons. The summed E-state index contributed by atoms with van der Waals surface area (Å²) in [6.45, 7) is 3.88. The fourth-order valence-corrected chi connectivity index (χ4v) is 2.30. The van der Waals surface area contributed by atoms with Crippen LogP contribution in [0.1, 0.15) is 23.0 Å². The lowest BCUT2D eigenvalue weighted by molar-refractivity contribution is -0.141. The van der Waals surface area contributed by atoms with Crippen LogP contribution in [0.15, 0.2) is 42.5 Å². The fraction of sp³-hybridized carbons (Fsp3) is 0.267. The highest BCUT2D eigenvalue weighted by molar-refractivity contribution is 5.72. The van der Waals surface area contributed by atoms with E-state index in [1.165, 1.54) is 0 Å². The Morgan fingerprint density at radius 1 is 1.11 bits per heavy atom. The number of hydrogen-bond donors (Lipinski definition) is 1. The van der Waals surface area contributed by atoms with Crippen molar-refractivity contribution in [3.05, 3.63) is 59.4 Å². The lowest BCUT2D eigenvalue weighted by Crippen LogP contribution is -2.23. The highest BCUT2D eigenvalue weighted by Crippen LogP contribution is 2.20. The monoisotopic (exact) mass is 243 g/mol. The molecule has 1 aromatic carbocycles. The van der Waals surface area contributed by atoms with E-state index < -0.39 is 12.0 Å². The molecule has 0 saturated carbocycles. The summed E-state index contributed by atoms with van der Waals surface area (Å²) in [4.78, 5) is 11.5. The molecule has 1 N–H and O–H groups in total. The zero-order valence-electron chi connectivity index (χ0n) is 10.6. The second kappa shape index (κ2) is 5.08. The van der Waals surface area contributed by atoms with Crippen molar-refractivity contribution in [2.75, 3.05) is 0 Å². The van der Waals surface area contributed by atoms with E-state index in [9.17, 15) is 9.90 Å². The Morgan fingerprint density at radius 2 is 1.67 bits per heavy atom. The van der Waals surface area contributed by atoms with Crippen molar-refractivity contribution in [1.82, 2.24) is 4.57 Å². The van der Waals surface area contributed by atoms with Crippen LogP contribution in [0.5, 0.6) is 0 Å². The zero-order valence-corrected chi connectivity index (χ0v) is 10.6. The molecule has 0 saturated heterocycles. The van der Waals surface area contributed by atoms with Gasteiger partial charge >= 0.3 is 5.97 Å². The van der Waals surface area contributed by atoms with E-state index >= 15 is 0 Å². The van der Waals surface area contributed by atoms with Gasteiger partial charge in [-0.1, -0.05) is 30.3 Å². The van der Waals surface area contributed by atoms with E-state index in [1.54, 1.807) is 0 Å². The number of aliphatic carboxylic acids is 1. The van der Waals surface area contributed by atoms with Gasteiger partial charge in [0.2, 0.25) is 0 Å². The molecule has 0 spiro atoms. The summed E-state index contributed by atoms with van der Waals surface area (Å²) in [5.74, 6) is -0.791. The molecule has 3 heteroatoms. The average Bonchev–Trinajstić information content (AvgIpc) is 2.67. The summed E-state index contributed by atoms with van der Waals surface area (Å²) in [6, 6.07) is 13.1. The Hall–Kier alpha value is -2.03. The summed E-state index contributed by atoms with van der Waals surface area (Å²) >= 11 is 0. The predicted molar refractivity (Wildman–Crippen MR) is 70.7 cm³/mol. The summed E-state index contributed by atoms with van der Waals surface area (Å²) in [7, 11) is 0. The third-order valence-electron chi connectivity index (χ3n) is 3.19. The number of hydrogen-bond acceptors (Lipinski definition) is 1. The molecule has 3 nitrogen and oxygen atoms in total. The SMILES string of the molecule is Cc1ccc(C)n1[C@@H](Cc1ccccc1)C(=O)O. The number of carboxylic acids is 1. The van der Waals surface area contributed by atoms with Crippen LogP contribution in [0.2, 0.25) is 0 Å². The fourth-order valence-electron chi connectivity index (χ4n) is 2.30. The summed E-state index contributed by atoms with van der Waals surface area (Å²) in [6.07, 6.45) is 0.506. The maximum absolute atomic E-state index is 11.5. The van der Waals surface area contributed by atoms with Gasteiger partial charge in [-0.2, -0.15) is 0 Å². The molecule has 94 valence electrons. The maximum atomic E-state index is 11.5. The molecule has 2 rings (SSSR count). The van der Waals surface area contributed by atoms with Crippen molar-refractivity contribution in [1.29, 1.82) is 0 Å². The smallest absolute Gasteiger partial charge is 0.327 e. The van der Waals surface area contributed by atoms with Crippen LogP contribution in [0.25, 0.3) is 0 Å². The van der Waals surface area contributed by atoms with Crippen molar-refractivity contribution in [2.24, 2.45) is 0 Å². The van der Waals surface area contributed by atoms with Gasteiger partial charge in [-0.15, -0.1) is 0 Å². The Labute approximate surface area is 107 Å². The summed E-state index contributed by atoms with van der Waals surface area (Å²) < 4.78 is 1.88. The van der Waals surface area contributed by atoms with Crippen LogP contribution in [0.4, 0.5) is 0 Å². The van der Waals surface area contributed by atoms with Gasteiger partial charge in [0.1, 0.15) is 6.04 Å². The van der Waals surface area contributed by atoms with E-state index in [4.69, 9.17) is 0 Å². The molecule has 0 amide bonds. The first-order valence-corrected chi connectivity index (χ1v) is 6.00. The van der Waals surface area contributed by atoms with Gasteiger partial charge in [0.15, 0.2) is 0 Å². The van der Waals surface area contributed by atoms with Crippen molar-refractivity contribution in [3.8, 4) is 0 Å². The minimum atomic E-state index is -0.791. The Balaban J connectivity index is 2.33. The number of benzene rings is 1. The molecule has 1 atom stereocenters. The number of rotatable bonds is 4. The van der Waals surface area contributed by atoms with E-state index in [2.05, 4.69) is 0 Å². The molecule has 0 aliphatic heterocycles. The molecule has 2 aromatic rings. The minimum Gasteiger partial charge on any atom is -0.480 e. The van der Waals surface area contributed by atoms with Crippen molar-refractivity contribution >= 4 is 5.97 Å². The van der Waals surface area contributed by atoms with Gasteiger partial charge in [-0.3, -0.25) is 0 Å². The van der Waals surface area contributed by atoms with Crippen LogP contribution in [0.3, 0.4) is 0 Å². The van der Waals surface area contributed by atoms with Crippen LogP contribution in [-0.2, 0) is 11.2 Å². The highest BCUT2D eigenvalue weighted by atomic mass is 16.4. The highest BCUT2D eigenvalue weighted by Gasteiger charge is 2.22. The van der Waals surface area contributed by atoms with Gasteiger partial charge < -0.3 is 9.67 Å². The van der Waals surface area contributed by atoms with Gasteiger partial charge in [0, 0.05) is 17.8 Å². The quantitative estimate of drug-likeness (QED) is 0.897. The second-order valence-corrected chi connectivity index (χ2v) is 4.53. The van der Waals surface area contributed by atoms with Crippen LogP contribution >= 0.6 is 0 Å². The Bertz CT molecular complexity index is 523. The number of nitrogens with zero attached hydrogens (tertiary/aromatic N) is 1. The predicted octanol–water partition coefficient (Wildman–Crippen LogP) is 2.97. The molecule has 0 aliphatic rings. The molecule has 0 unspecified atom stereocenters. The molecular weight excluding hydrogens is 226 g/mol. The molecule has 1 aromatic heterocycles. The molecule has 1 heterocycles. The second-order valence-electron chi connectivity index (χ2n) is 4.53. The number of carboxylic acid groups (broad SMARTS) is 1. The van der Waals surface area contributed by atoms with Gasteiger partial charge in [-0.25, -0.2) is 4.79 Å². The minimum absolute atomic E-state index is 0.506. The first-order chi connectivity index (χ1) is 8.59. The first-order valence-electron chi connectivity index (χ1n) is 6.00. The van der Waals surface area contributed by atoms with E-state index in [1.807, 2.05) is 60.9 Å². The maximum Gasteiger partial charge on any atom is 0.327 e.